The van der Waals surface area contributed by atoms with Crippen molar-refractivity contribution in [2.45, 2.75) is 13.3 Å². The number of fused-ring (bicyclic) bond motifs is 1. The molecule has 1 N–H and O–H groups in total. The van der Waals surface area contributed by atoms with Gasteiger partial charge in [0.1, 0.15) is 0 Å². The van der Waals surface area contributed by atoms with Crippen LogP contribution in [0.5, 0.6) is 0 Å². The summed E-state index contributed by atoms with van der Waals surface area (Å²) in [6, 6.07) is 3.10. The normalized spacial score (nSPS) is 13.6. The molecule has 1 aromatic carbocycles. The quantitative estimate of drug-likeness (QED) is 0.539. The first-order valence-electron chi connectivity index (χ1n) is 4.15. The fourth-order valence-corrected chi connectivity index (χ4v) is 1.57. The molecule has 0 radical (unpaired) electrons. The second-order valence-corrected chi connectivity index (χ2v) is 3.28. The van der Waals surface area contributed by atoms with Gasteiger partial charge in [-0.3, -0.25) is 14.9 Å². The average molecular weight is 192 g/mol. The van der Waals surface area contributed by atoms with E-state index in [1.165, 1.54) is 6.07 Å². The summed E-state index contributed by atoms with van der Waals surface area (Å²) in [5.41, 5.74) is 2.03. The topological polar surface area (TPSA) is 72.2 Å². The van der Waals surface area contributed by atoms with Gasteiger partial charge in [-0.25, -0.2) is 0 Å². The standard InChI is InChI=1S/C9H8N2O3/c1-5-2-7-6(4-9(12)10-7)3-8(5)11(13)14/h2-3H,4H2,1H3,(H,10,12). The highest BCUT2D eigenvalue weighted by atomic mass is 16.6. The van der Waals surface area contributed by atoms with Crippen molar-refractivity contribution in [1.29, 1.82) is 0 Å². The number of aryl methyl sites for hydroxylation is 1. The van der Waals surface area contributed by atoms with Gasteiger partial charge in [-0.2, -0.15) is 0 Å². The highest BCUT2D eigenvalue weighted by Crippen LogP contribution is 2.30. The zero-order chi connectivity index (χ0) is 10.3. The molecule has 1 heterocycles. The molecule has 1 amide bonds. The van der Waals surface area contributed by atoms with Crippen molar-refractivity contribution < 1.29 is 9.72 Å². The molecule has 72 valence electrons. The van der Waals surface area contributed by atoms with Gasteiger partial charge in [0.25, 0.3) is 5.69 Å². The molecular weight excluding hydrogens is 184 g/mol. The van der Waals surface area contributed by atoms with E-state index in [0.29, 0.717) is 16.8 Å². The molecule has 5 heteroatoms. The Balaban J connectivity index is 2.55. The summed E-state index contributed by atoms with van der Waals surface area (Å²) in [5.74, 6) is -0.111. The highest BCUT2D eigenvalue weighted by Gasteiger charge is 2.22. The maximum absolute atomic E-state index is 11.0. The van der Waals surface area contributed by atoms with Crippen LogP contribution >= 0.6 is 0 Å². The van der Waals surface area contributed by atoms with Crippen LogP contribution in [-0.2, 0) is 11.2 Å². The van der Waals surface area contributed by atoms with Gasteiger partial charge in [-0.05, 0) is 18.6 Å². The van der Waals surface area contributed by atoms with Crippen molar-refractivity contribution in [2.24, 2.45) is 0 Å². The average Bonchev–Trinajstić information content (AvgIpc) is 2.42. The van der Waals surface area contributed by atoms with Crippen molar-refractivity contribution in [3.05, 3.63) is 33.4 Å². The fraction of sp³-hybridized carbons (Fsp3) is 0.222. The summed E-state index contributed by atoms with van der Waals surface area (Å²) in [5, 5.41) is 13.2. The van der Waals surface area contributed by atoms with Gasteiger partial charge in [0.05, 0.1) is 11.3 Å². The van der Waals surface area contributed by atoms with Gasteiger partial charge in [-0.15, -0.1) is 0 Å². The first-order valence-corrected chi connectivity index (χ1v) is 4.15. The van der Waals surface area contributed by atoms with Gasteiger partial charge in [0, 0.05) is 17.3 Å². The number of nitro groups is 1. The van der Waals surface area contributed by atoms with Gasteiger partial charge < -0.3 is 5.32 Å². The molecule has 0 fully saturated rings. The Hall–Kier alpha value is -1.91. The minimum absolute atomic E-state index is 0.0697. The monoisotopic (exact) mass is 192 g/mol. The van der Waals surface area contributed by atoms with E-state index in [0.717, 1.165) is 0 Å². The first kappa shape index (κ1) is 8.68. The molecule has 1 aromatic rings. The second kappa shape index (κ2) is 2.80. The van der Waals surface area contributed by atoms with E-state index in [4.69, 9.17) is 0 Å². The fourth-order valence-electron chi connectivity index (χ4n) is 1.57. The van der Waals surface area contributed by atoms with E-state index in [9.17, 15) is 14.9 Å². The molecular formula is C9H8N2O3. The zero-order valence-corrected chi connectivity index (χ0v) is 7.53. The summed E-state index contributed by atoms with van der Waals surface area (Å²) in [6.45, 7) is 1.66. The van der Waals surface area contributed by atoms with E-state index in [1.54, 1.807) is 13.0 Å². The molecule has 0 saturated heterocycles. The molecule has 0 aromatic heterocycles. The largest absolute Gasteiger partial charge is 0.326 e. The molecule has 0 unspecified atom stereocenters. The van der Waals surface area contributed by atoms with Gasteiger partial charge in [0.2, 0.25) is 5.91 Å². The minimum Gasteiger partial charge on any atom is -0.326 e. The van der Waals surface area contributed by atoms with Gasteiger partial charge in [-0.1, -0.05) is 0 Å². The Kier molecular flexibility index (Phi) is 1.73. The molecule has 0 bridgehead atoms. The minimum atomic E-state index is -0.432. The number of nitrogens with one attached hydrogen (secondary N) is 1. The molecule has 0 aliphatic carbocycles. The Bertz CT molecular complexity index is 440. The summed E-state index contributed by atoms with van der Waals surface area (Å²) in [4.78, 5) is 21.2. The number of carbonyl (C=O) groups is 1. The van der Waals surface area contributed by atoms with E-state index in [-0.39, 0.29) is 18.0 Å². The Labute approximate surface area is 79.9 Å². The van der Waals surface area contributed by atoms with Crippen molar-refractivity contribution in [3.8, 4) is 0 Å². The van der Waals surface area contributed by atoms with Crippen LogP contribution in [0.2, 0.25) is 0 Å². The van der Waals surface area contributed by atoms with Crippen LogP contribution in [0.1, 0.15) is 11.1 Å². The summed E-state index contributed by atoms with van der Waals surface area (Å²) in [7, 11) is 0. The Morgan fingerprint density at radius 1 is 1.50 bits per heavy atom. The molecule has 2 rings (SSSR count). The number of anilines is 1. The van der Waals surface area contributed by atoms with Gasteiger partial charge in [0.15, 0.2) is 0 Å². The predicted octanol–water partition coefficient (Wildman–Crippen LogP) is 1.40. The molecule has 1 aliphatic heterocycles. The van der Waals surface area contributed by atoms with Crippen molar-refractivity contribution >= 4 is 17.3 Å². The number of rotatable bonds is 1. The second-order valence-electron chi connectivity index (χ2n) is 3.28. The van der Waals surface area contributed by atoms with Crippen LogP contribution in [0.15, 0.2) is 12.1 Å². The van der Waals surface area contributed by atoms with Crippen molar-refractivity contribution in [2.75, 3.05) is 5.32 Å². The third-order valence-corrected chi connectivity index (χ3v) is 2.24. The number of nitro benzene ring substituents is 1. The lowest BCUT2D eigenvalue weighted by molar-refractivity contribution is -0.385. The molecule has 0 spiro atoms. The molecule has 5 nitrogen and oxygen atoms in total. The number of hydrogen-bond donors (Lipinski definition) is 1. The number of hydrogen-bond acceptors (Lipinski definition) is 3. The SMILES string of the molecule is Cc1cc2c(cc1[N+](=O)[O-])CC(=O)N2. The van der Waals surface area contributed by atoms with E-state index >= 15 is 0 Å². The van der Waals surface area contributed by atoms with Crippen LogP contribution in [0.3, 0.4) is 0 Å². The van der Waals surface area contributed by atoms with Crippen molar-refractivity contribution in [3.63, 3.8) is 0 Å². The number of carbonyl (C=O) groups excluding carboxylic acids is 1. The van der Waals surface area contributed by atoms with Crippen LogP contribution in [0, 0.1) is 17.0 Å². The lowest BCUT2D eigenvalue weighted by Crippen LogP contribution is -2.03. The lowest BCUT2D eigenvalue weighted by Gasteiger charge is -2.01. The zero-order valence-electron chi connectivity index (χ0n) is 7.53. The maximum Gasteiger partial charge on any atom is 0.272 e. The van der Waals surface area contributed by atoms with E-state index in [2.05, 4.69) is 5.32 Å². The number of amides is 1. The predicted molar refractivity (Wildman–Crippen MR) is 50.2 cm³/mol. The maximum atomic E-state index is 11.0. The Morgan fingerprint density at radius 2 is 2.21 bits per heavy atom. The summed E-state index contributed by atoms with van der Waals surface area (Å²) < 4.78 is 0. The molecule has 14 heavy (non-hydrogen) atoms. The van der Waals surface area contributed by atoms with Crippen molar-refractivity contribution in [1.82, 2.24) is 0 Å². The summed E-state index contributed by atoms with van der Waals surface area (Å²) >= 11 is 0. The lowest BCUT2D eigenvalue weighted by atomic mass is 10.1. The molecule has 0 atom stereocenters. The van der Waals surface area contributed by atoms with Crippen LogP contribution in [0.25, 0.3) is 0 Å². The summed E-state index contributed by atoms with van der Waals surface area (Å²) in [6.07, 6.45) is 0.233. The first-order chi connectivity index (χ1) is 6.58. The van der Waals surface area contributed by atoms with Crippen LogP contribution < -0.4 is 5.32 Å². The third-order valence-electron chi connectivity index (χ3n) is 2.24. The number of nitrogens with zero attached hydrogens (tertiary/aromatic N) is 1. The number of benzene rings is 1. The smallest absolute Gasteiger partial charge is 0.272 e. The molecule has 1 aliphatic rings. The van der Waals surface area contributed by atoms with Crippen LogP contribution in [0.4, 0.5) is 11.4 Å². The van der Waals surface area contributed by atoms with Gasteiger partial charge >= 0.3 is 0 Å². The van der Waals surface area contributed by atoms with E-state index in [1.807, 2.05) is 0 Å². The van der Waals surface area contributed by atoms with E-state index < -0.39 is 4.92 Å². The molecule has 0 saturated carbocycles. The Morgan fingerprint density at radius 3 is 2.86 bits per heavy atom. The highest BCUT2D eigenvalue weighted by molar-refractivity contribution is 5.99. The van der Waals surface area contributed by atoms with Crippen LogP contribution in [-0.4, -0.2) is 10.8 Å². The third kappa shape index (κ3) is 1.22.